The molecular weight excluding hydrogens is 403 g/mol. The Morgan fingerprint density at radius 3 is 2.32 bits per heavy atom. The summed E-state index contributed by atoms with van der Waals surface area (Å²) in [5, 5.41) is 0. The summed E-state index contributed by atoms with van der Waals surface area (Å²) >= 11 is 0. The van der Waals surface area contributed by atoms with Crippen LogP contribution in [0.4, 0.5) is 18.9 Å². The summed E-state index contributed by atoms with van der Waals surface area (Å²) in [6.07, 6.45) is 0.600. The SMILES string of the molecule is C=C/C(=C\c1cc(OC2CCN(c3ccc(C(F)(F)F)cc3)CC2)ccc1C)C(C)=O. The van der Waals surface area contributed by atoms with Crippen molar-refractivity contribution in [2.75, 3.05) is 18.0 Å². The molecule has 0 aliphatic carbocycles. The molecule has 0 amide bonds. The van der Waals surface area contributed by atoms with Crippen LogP contribution in [0.2, 0.25) is 0 Å². The van der Waals surface area contributed by atoms with Crippen LogP contribution >= 0.6 is 0 Å². The molecular formula is C25H26F3NO2. The van der Waals surface area contributed by atoms with E-state index in [4.69, 9.17) is 4.74 Å². The number of benzene rings is 2. The summed E-state index contributed by atoms with van der Waals surface area (Å²) in [5.41, 5.74) is 2.64. The first kappa shape index (κ1) is 22.7. The number of rotatable bonds is 6. The molecule has 31 heavy (non-hydrogen) atoms. The second-order valence-electron chi connectivity index (χ2n) is 7.73. The second kappa shape index (κ2) is 9.41. The van der Waals surface area contributed by atoms with Gasteiger partial charge in [0.15, 0.2) is 5.78 Å². The Balaban J connectivity index is 1.63. The van der Waals surface area contributed by atoms with Gasteiger partial charge in [-0.25, -0.2) is 0 Å². The maximum atomic E-state index is 12.7. The number of alkyl halides is 3. The van der Waals surface area contributed by atoms with Crippen LogP contribution in [0.1, 0.15) is 36.5 Å². The highest BCUT2D eigenvalue weighted by Crippen LogP contribution is 2.31. The van der Waals surface area contributed by atoms with Gasteiger partial charge in [0.1, 0.15) is 11.9 Å². The van der Waals surface area contributed by atoms with E-state index >= 15 is 0 Å². The van der Waals surface area contributed by atoms with E-state index in [0.717, 1.165) is 47.5 Å². The van der Waals surface area contributed by atoms with E-state index in [-0.39, 0.29) is 11.9 Å². The quantitative estimate of drug-likeness (QED) is 0.403. The van der Waals surface area contributed by atoms with E-state index in [1.54, 1.807) is 6.08 Å². The zero-order valence-corrected chi connectivity index (χ0v) is 17.7. The number of carbonyl (C=O) groups excluding carboxylic acids is 1. The largest absolute Gasteiger partial charge is 0.490 e. The molecule has 0 bridgehead atoms. The zero-order chi connectivity index (χ0) is 22.6. The van der Waals surface area contributed by atoms with Gasteiger partial charge in [-0.2, -0.15) is 13.2 Å². The lowest BCUT2D eigenvalue weighted by Crippen LogP contribution is -2.38. The standard InChI is InChI=1S/C25H26F3NO2/c1-4-19(18(3)30)15-20-16-24(10-5-17(20)2)31-23-11-13-29(14-12-23)22-8-6-21(7-9-22)25(26,27)28/h4-10,15-16,23H,1,11-14H2,2-3H3/b19-15+. The molecule has 0 radical (unpaired) electrons. The van der Waals surface area contributed by atoms with Gasteiger partial charge in [-0.05, 0) is 67.4 Å². The number of anilines is 1. The number of ether oxygens (including phenoxy) is 1. The van der Waals surface area contributed by atoms with Gasteiger partial charge in [0.25, 0.3) is 0 Å². The molecule has 6 heteroatoms. The van der Waals surface area contributed by atoms with Crippen LogP contribution in [-0.4, -0.2) is 25.0 Å². The van der Waals surface area contributed by atoms with Gasteiger partial charge in [0.05, 0.1) is 5.56 Å². The Bertz CT molecular complexity index is 969. The van der Waals surface area contributed by atoms with Gasteiger partial charge in [-0.1, -0.05) is 18.7 Å². The van der Waals surface area contributed by atoms with Crippen molar-refractivity contribution in [1.82, 2.24) is 0 Å². The summed E-state index contributed by atoms with van der Waals surface area (Å²) in [4.78, 5) is 13.8. The minimum atomic E-state index is -4.32. The fourth-order valence-corrected chi connectivity index (χ4v) is 3.60. The number of allylic oxidation sites excluding steroid dienone is 2. The number of ketones is 1. The molecule has 3 rings (SSSR count). The predicted molar refractivity (Wildman–Crippen MR) is 117 cm³/mol. The fourth-order valence-electron chi connectivity index (χ4n) is 3.60. The average Bonchev–Trinajstić information content (AvgIpc) is 2.74. The van der Waals surface area contributed by atoms with Gasteiger partial charge in [0, 0.05) is 37.2 Å². The van der Waals surface area contributed by atoms with E-state index < -0.39 is 11.7 Å². The number of carbonyl (C=O) groups is 1. The summed E-state index contributed by atoms with van der Waals surface area (Å²) < 4.78 is 44.4. The van der Waals surface area contributed by atoms with Gasteiger partial charge in [0.2, 0.25) is 0 Å². The number of hydrogen-bond donors (Lipinski definition) is 0. The lowest BCUT2D eigenvalue weighted by atomic mass is 10.0. The van der Waals surface area contributed by atoms with Crippen molar-refractivity contribution < 1.29 is 22.7 Å². The molecule has 1 saturated heterocycles. The average molecular weight is 429 g/mol. The Labute approximate surface area is 180 Å². The van der Waals surface area contributed by atoms with Crippen LogP contribution in [-0.2, 0) is 11.0 Å². The minimum absolute atomic E-state index is 0.0249. The van der Waals surface area contributed by atoms with Crippen molar-refractivity contribution in [3.05, 3.63) is 77.4 Å². The highest BCUT2D eigenvalue weighted by atomic mass is 19.4. The first-order valence-corrected chi connectivity index (χ1v) is 10.2. The van der Waals surface area contributed by atoms with Gasteiger partial charge < -0.3 is 9.64 Å². The summed E-state index contributed by atoms with van der Waals surface area (Å²) in [7, 11) is 0. The number of halogens is 3. The van der Waals surface area contributed by atoms with Crippen molar-refractivity contribution in [1.29, 1.82) is 0 Å². The molecule has 3 nitrogen and oxygen atoms in total. The van der Waals surface area contributed by atoms with Crippen LogP contribution in [0.3, 0.4) is 0 Å². The Kier molecular flexibility index (Phi) is 6.88. The van der Waals surface area contributed by atoms with E-state index in [2.05, 4.69) is 11.5 Å². The van der Waals surface area contributed by atoms with E-state index in [1.165, 1.54) is 19.1 Å². The van der Waals surface area contributed by atoms with E-state index in [9.17, 15) is 18.0 Å². The molecule has 2 aromatic rings. The van der Waals surface area contributed by atoms with Crippen LogP contribution < -0.4 is 9.64 Å². The monoisotopic (exact) mass is 429 g/mol. The number of piperidine rings is 1. The maximum absolute atomic E-state index is 12.7. The Morgan fingerprint density at radius 2 is 1.77 bits per heavy atom. The van der Waals surface area contributed by atoms with Crippen molar-refractivity contribution in [2.45, 2.75) is 39.0 Å². The van der Waals surface area contributed by atoms with Crippen molar-refractivity contribution in [3.63, 3.8) is 0 Å². The molecule has 0 unspecified atom stereocenters. The third-order valence-corrected chi connectivity index (χ3v) is 5.49. The molecule has 0 saturated carbocycles. The molecule has 1 aliphatic heterocycles. The lowest BCUT2D eigenvalue weighted by molar-refractivity contribution is -0.137. The normalized spacial score (nSPS) is 15.6. The van der Waals surface area contributed by atoms with Crippen molar-refractivity contribution in [3.8, 4) is 5.75 Å². The number of Topliss-reactive ketones (excluding diaryl/α,β-unsaturated/α-hetero) is 1. The summed E-state index contributed by atoms with van der Waals surface area (Å²) in [6, 6.07) is 11.1. The fraction of sp³-hybridized carbons (Fsp3) is 0.320. The number of hydrogen-bond acceptors (Lipinski definition) is 3. The number of aryl methyl sites for hydroxylation is 1. The highest BCUT2D eigenvalue weighted by molar-refractivity contribution is 6.00. The van der Waals surface area contributed by atoms with Gasteiger partial charge in [-0.3, -0.25) is 4.79 Å². The molecule has 1 heterocycles. The predicted octanol–water partition coefficient (Wildman–Crippen LogP) is 6.22. The first-order valence-electron chi connectivity index (χ1n) is 10.2. The molecule has 0 aromatic heterocycles. The lowest BCUT2D eigenvalue weighted by Gasteiger charge is -2.34. The van der Waals surface area contributed by atoms with Gasteiger partial charge >= 0.3 is 6.18 Å². The molecule has 164 valence electrons. The topological polar surface area (TPSA) is 29.5 Å². The Hall–Kier alpha value is -3.02. The van der Waals surface area contributed by atoms with Crippen molar-refractivity contribution >= 4 is 17.5 Å². The minimum Gasteiger partial charge on any atom is -0.490 e. The van der Waals surface area contributed by atoms with Crippen LogP contribution in [0.25, 0.3) is 6.08 Å². The molecule has 2 aromatic carbocycles. The highest BCUT2D eigenvalue weighted by Gasteiger charge is 2.30. The van der Waals surface area contributed by atoms with Crippen molar-refractivity contribution in [2.24, 2.45) is 0 Å². The zero-order valence-electron chi connectivity index (χ0n) is 17.7. The summed E-state index contributed by atoms with van der Waals surface area (Å²) in [5.74, 6) is 0.688. The molecule has 0 atom stereocenters. The van der Waals surface area contributed by atoms with E-state index in [0.29, 0.717) is 18.7 Å². The van der Waals surface area contributed by atoms with Crippen LogP contribution in [0.15, 0.2) is 60.7 Å². The molecule has 0 N–H and O–H groups in total. The Morgan fingerprint density at radius 1 is 1.13 bits per heavy atom. The second-order valence-corrected chi connectivity index (χ2v) is 7.73. The van der Waals surface area contributed by atoms with Crippen LogP contribution in [0, 0.1) is 6.92 Å². The molecule has 1 aliphatic rings. The summed E-state index contributed by atoms with van der Waals surface area (Å²) in [6.45, 7) is 8.59. The van der Waals surface area contributed by atoms with E-state index in [1.807, 2.05) is 31.2 Å². The third kappa shape index (κ3) is 5.78. The smallest absolute Gasteiger partial charge is 0.416 e. The third-order valence-electron chi connectivity index (χ3n) is 5.49. The molecule has 1 fully saturated rings. The maximum Gasteiger partial charge on any atom is 0.416 e. The number of nitrogens with zero attached hydrogens (tertiary/aromatic N) is 1. The van der Waals surface area contributed by atoms with Crippen LogP contribution in [0.5, 0.6) is 5.75 Å². The van der Waals surface area contributed by atoms with Gasteiger partial charge in [-0.15, -0.1) is 0 Å². The first-order chi connectivity index (χ1) is 14.7. The molecule has 0 spiro atoms.